The van der Waals surface area contributed by atoms with Gasteiger partial charge >= 0.3 is 0 Å². The highest BCUT2D eigenvalue weighted by atomic mass is 32.2. The maximum Gasteiger partial charge on any atom is 0.152 e. The average molecular weight is 220 g/mol. The third-order valence-electron chi connectivity index (χ3n) is 1.55. The lowest BCUT2D eigenvalue weighted by molar-refractivity contribution is 0.355. The highest BCUT2D eigenvalue weighted by Gasteiger charge is 1.95. The first kappa shape index (κ1) is 13.2. The van der Waals surface area contributed by atoms with Gasteiger partial charge in [0, 0.05) is 6.26 Å². The summed E-state index contributed by atoms with van der Waals surface area (Å²) in [4.78, 5) is 0. The van der Waals surface area contributed by atoms with E-state index in [1.807, 2.05) is 0 Å². The molecule has 0 spiro atoms. The van der Waals surface area contributed by atoms with Gasteiger partial charge in [-0.2, -0.15) is 0 Å². The molecule has 2 N–H and O–H groups in total. The van der Waals surface area contributed by atoms with Gasteiger partial charge in [-0.1, -0.05) is 12.1 Å². The number of halogens is 1. The van der Waals surface area contributed by atoms with Gasteiger partial charge in [0.25, 0.3) is 0 Å². The fraction of sp³-hybridized carbons (Fsp3) is 0.333. The minimum Gasteiger partial charge on any atom is -0.412 e. The number of benzene rings is 1. The average Bonchev–Trinajstić information content (AvgIpc) is 2.08. The van der Waals surface area contributed by atoms with Gasteiger partial charge in [0.1, 0.15) is 5.82 Å². The summed E-state index contributed by atoms with van der Waals surface area (Å²) in [5.41, 5.74) is 0.979. The van der Waals surface area contributed by atoms with Crippen molar-refractivity contribution < 1.29 is 18.3 Å². The molecule has 0 amide bonds. The van der Waals surface area contributed by atoms with Crippen LogP contribution in [0.4, 0.5) is 4.39 Å². The standard InChI is InChI=1S/C9H11FO2S.H2O/c1-13(11)12-7-6-8-2-4-9(10)5-3-8;/h2-5H,6-7H2,1H3;1H2. The number of hydrogen-bond donors (Lipinski definition) is 0. The third kappa shape index (κ3) is 5.06. The van der Waals surface area contributed by atoms with Crippen molar-refractivity contribution in [1.29, 1.82) is 0 Å². The van der Waals surface area contributed by atoms with Crippen molar-refractivity contribution >= 4 is 11.1 Å². The molecule has 0 aliphatic carbocycles. The second-order valence-corrected chi connectivity index (χ2v) is 3.64. The van der Waals surface area contributed by atoms with Crippen LogP contribution in [0, 0.1) is 5.82 Å². The summed E-state index contributed by atoms with van der Waals surface area (Å²) in [6.07, 6.45) is 2.13. The second kappa shape index (κ2) is 6.64. The molecule has 1 atom stereocenters. The Morgan fingerprint density at radius 2 is 1.93 bits per heavy atom. The van der Waals surface area contributed by atoms with Crippen LogP contribution in [-0.2, 0) is 21.7 Å². The summed E-state index contributed by atoms with van der Waals surface area (Å²) >= 11 is -1.22. The van der Waals surface area contributed by atoms with Crippen LogP contribution in [0.5, 0.6) is 0 Å². The van der Waals surface area contributed by atoms with Crippen LogP contribution < -0.4 is 0 Å². The zero-order valence-corrected chi connectivity index (χ0v) is 8.64. The predicted molar refractivity (Wildman–Crippen MR) is 53.7 cm³/mol. The van der Waals surface area contributed by atoms with Crippen LogP contribution in [0.3, 0.4) is 0 Å². The molecular weight excluding hydrogens is 207 g/mol. The van der Waals surface area contributed by atoms with E-state index in [9.17, 15) is 8.60 Å². The van der Waals surface area contributed by atoms with E-state index in [2.05, 4.69) is 0 Å². The quantitative estimate of drug-likeness (QED) is 0.755. The SMILES string of the molecule is CS(=O)OCCc1ccc(F)cc1.O. The van der Waals surface area contributed by atoms with Crippen molar-refractivity contribution in [3.05, 3.63) is 35.6 Å². The molecule has 0 saturated carbocycles. The van der Waals surface area contributed by atoms with Gasteiger partial charge in [-0.25, -0.2) is 8.60 Å². The molecule has 1 aromatic rings. The second-order valence-electron chi connectivity index (χ2n) is 2.60. The fourth-order valence-electron chi connectivity index (χ4n) is 0.928. The van der Waals surface area contributed by atoms with E-state index in [0.717, 1.165) is 5.56 Å². The van der Waals surface area contributed by atoms with Crippen molar-refractivity contribution in [1.82, 2.24) is 0 Å². The van der Waals surface area contributed by atoms with Crippen molar-refractivity contribution in [2.24, 2.45) is 0 Å². The van der Waals surface area contributed by atoms with Crippen molar-refractivity contribution in [2.45, 2.75) is 6.42 Å². The first-order valence-electron chi connectivity index (χ1n) is 3.89. The maximum atomic E-state index is 12.5. The molecule has 1 rings (SSSR count). The molecular formula is C9H13FO3S. The lowest BCUT2D eigenvalue weighted by Gasteiger charge is -2.00. The van der Waals surface area contributed by atoms with Gasteiger partial charge in [-0.15, -0.1) is 0 Å². The molecule has 1 aromatic carbocycles. The molecule has 0 heterocycles. The van der Waals surface area contributed by atoms with Crippen molar-refractivity contribution in [3.8, 4) is 0 Å². The van der Waals surface area contributed by atoms with E-state index in [1.54, 1.807) is 12.1 Å². The van der Waals surface area contributed by atoms with Gasteiger partial charge in [0.2, 0.25) is 0 Å². The van der Waals surface area contributed by atoms with Crippen LogP contribution in [0.2, 0.25) is 0 Å². The molecule has 3 nitrogen and oxygen atoms in total. The molecule has 1 unspecified atom stereocenters. The predicted octanol–water partition coefficient (Wildman–Crippen LogP) is 0.854. The molecule has 0 saturated heterocycles. The summed E-state index contributed by atoms with van der Waals surface area (Å²) in [6, 6.07) is 6.19. The highest BCUT2D eigenvalue weighted by molar-refractivity contribution is 7.79. The fourth-order valence-corrected chi connectivity index (χ4v) is 1.25. The van der Waals surface area contributed by atoms with Gasteiger partial charge < -0.3 is 5.48 Å². The van der Waals surface area contributed by atoms with Crippen LogP contribution in [0.25, 0.3) is 0 Å². The lowest BCUT2D eigenvalue weighted by Crippen LogP contribution is -2.00. The third-order valence-corrected chi connectivity index (χ3v) is 2.05. The topological polar surface area (TPSA) is 57.8 Å². The molecule has 0 aromatic heterocycles. The Morgan fingerprint density at radius 1 is 1.36 bits per heavy atom. The number of rotatable bonds is 4. The molecule has 0 aliphatic rings. The molecule has 5 heteroatoms. The van der Waals surface area contributed by atoms with Gasteiger partial charge in [-0.3, -0.25) is 4.18 Å². The first-order chi connectivity index (χ1) is 6.18. The monoisotopic (exact) mass is 220 g/mol. The normalized spacial score (nSPS) is 11.9. The van der Waals surface area contributed by atoms with Crippen LogP contribution in [0.1, 0.15) is 5.56 Å². The lowest BCUT2D eigenvalue weighted by atomic mass is 10.2. The molecule has 0 radical (unpaired) electrons. The molecule has 14 heavy (non-hydrogen) atoms. The molecule has 0 aliphatic heterocycles. The highest BCUT2D eigenvalue weighted by Crippen LogP contribution is 2.03. The van der Waals surface area contributed by atoms with Gasteiger partial charge in [0.15, 0.2) is 11.1 Å². The van der Waals surface area contributed by atoms with Crippen LogP contribution in [0.15, 0.2) is 24.3 Å². The van der Waals surface area contributed by atoms with E-state index < -0.39 is 11.1 Å². The van der Waals surface area contributed by atoms with E-state index in [0.29, 0.717) is 13.0 Å². The Morgan fingerprint density at radius 3 is 2.43 bits per heavy atom. The van der Waals surface area contributed by atoms with Crippen LogP contribution in [-0.4, -0.2) is 22.5 Å². The van der Waals surface area contributed by atoms with E-state index >= 15 is 0 Å². The molecule has 80 valence electrons. The zero-order chi connectivity index (χ0) is 9.68. The van der Waals surface area contributed by atoms with Gasteiger partial charge in [0.05, 0.1) is 6.61 Å². The summed E-state index contributed by atoms with van der Waals surface area (Å²) < 4.78 is 27.8. The number of hydrogen-bond acceptors (Lipinski definition) is 2. The Kier molecular flexibility index (Phi) is 6.27. The molecule has 0 fully saturated rings. The Labute approximate surface area is 84.9 Å². The largest absolute Gasteiger partial charge is 0.412 e. The van der Waals surface area contributed by atoms with E-state index in [4.69, 9.17) is 4.18 Å². The summed E-state index contributed by atoms with van der Waals surface area (Å²) in [5.74, 6) is -0.247. The minimum absolute atomic E-state index is 0. The zero-order valence-electron chi connectivity index (χ0n) is 7.83. The van der Waals surface area contributed by atoms with Crippen LogP contribution >= 0.6 is 0 Å². The smallest absolute Gasteiger partial charge is 0.152 e. The Hall–Kier alpha value is -0.780. The first-order valence-corrected chi connectivity index (χ1v) is 5.38. The molecule has 0 bridgehead atoms. The van der Waals surface area contributed by atoms with Crippen molar-refractivity contribution in [2.75, 3.05) is 12.9 Å². The minimum atomic E-state index is -1.22. The Bertz CT molecular complexity index is 287. The van der Waals surface area contributed by atoms with E-state index in [1.165, 1.54) is 18.4 Å². The summed E-state index contributed by atoms with van der Waals surface area (Å²) in [7, 11) is 0. The Balaban J connectivity index is 0.00000169. The van der Waals surface area contributed by atoms with E-state index in [-0.39, 0.29) is 11.3 Å². The summed E-state index contributed by atoms with van der Waals surface area (Å²) in [5, 5.41) is 0. The van der Waals surface area contributed by atoms with Gasteiger partial charge in [-0.05, 0) is 24.1 Å². The van der Waals surface area contributed by atoms with Crippen molar-refractivity contribution in [3.63, 3.8) is 0 Å². The summed E-state index contributed by atoms with van der Waals surface area (Å²) in [6.45, 7) is 0.398. The maximum absolute atomic E-state index is 12.5.